The van der Waals surface area contributed by atoms with Crippen molar-refractivity contribution in [1.29, 1.82) is 0 Å². The standard InChI is InChI=1S/C14H14N2O3/c17-14(18)13-8-10(16-19-13)7-12-11-4-2-1-3-9(11)5-6-15-12/h1-4,8,12,15H,5-7H2,(H,17,18). The Morgan fingerprint density at radius 3 is 3.11 bits per heavy atom. The summed E-state index contributed by atoms with van der Waals surface area (Å²) in [5.41, 5.74) is 3.26. The van der Waals surface area contributed by atoms with Crippen LogP contribution in [0.1, 0.15) is 33.4 Å². The first-order chi connectivity index (χ1) is 9.24. The minimum Gasteiger partial charge on any atom is -0.475 e. The molecule has 0 spiro atoms. The topological polar surface area (TPSA) is 75.4 Å². The van der Waals surface area contributed by atoms with Gasteiger partial charge in [0.15, 0.2) is 0 Å². The van der Waals surface area contributed by atoms with Gasteiger partial charge in [0, 0.05) is 18.5 Å². The summed E-state index contributed by atoms with van der Waals surface area (Å²) in [6.45, 7) is 0.922. The van der Waals surface area contributed by atoms with Crippen molar-refractivity contribution in [2.24, 2.45) is 0 Å². The highest BCUT2D eigenvalue weighted by Crippen LogP contribution is 2.25. The van der Waals surface area contributed by atoms with Gasteiger partial charge in [-0.2, -0.15) is 0 Å². The Balaban J connectivity index is 1.82. The Hall–Kier alpha value is -2.14. The van der Waals surface area contributed by atoms with Crippen LogP contribution in [0, 0.1) is 0 Å². The minimum atomic E-state index is -1.09. The van der Waals surface area contributed by atoms with Gasteiger partial charge in [0.2, 0.25) is 5.76 Å². The number of carbonyl (C=O) groups is 1. The fraction of sp³-hybridized carbons (Fsp3) is 0.286. The fourth-order valence-corrected chi connectivity index (χ4v) is 2.49. The zero-order valence-electron chi connectivity index (χ0n) is 10.3. The summed E-state index contributed by atoms with van der Waals surface area (Å²) in [5.74, 6) is -1.20. The molecule has 0 saturated heterocycles. The van der Waals surface area contributed by atoms with Crippen LogP contribution in [0.15, 0.2) is 34.9 Å². The number of benzene rings is 1. The number of aromatic nitrogens is 1. The Bertz CT molecular complexity index is 606. The molecule has 1 aliphatic heterocycles. The van der Waals surface area contributed by atoms with Crippen LogP contribution in [-0.2, 0) is 12.8 Å². The van der Waals surface area contributed by atoms with E-state index in [2.05, 4.69) is 22.6 Å². The molecule has 5 nitrogen and oxygen atoms in total. The SMILES string of the molecule is O=C(O)c1cc(CC2NCCc3ccccc32)no1. The van der Waals surface area contributed by atoms with Crippen molar-refractivity contribution in [3.63, 3.8) is 0 Å². The molecule has 0 bridgehead atoms. The van der Waals surface area contributed by atoms with Crippen molar-refractivity contribution in [2.45, 2.75) is 18.9 Å². The van der Waals surface area contributed by atoms with Crippen molar-refractivity contribution >= 4 is 5.97 Å². The molecule has 2 aromatic rings. The lowest BCUT2D eigenvalue weighted by atomic mass is 9.92. The van der Waals surface area contributed by atoms with Crippen molar-refractivity contribution in [3.8, 4) is 0 Å². The lowest BCUT2D eigenvalue weighted by Crippen LogP contribution is -2.31. The Morgan fingerprint density at radius 2 is 2.32 bits per heavy atom. The van der Waals surface area contributed by atoms with E-state index in [9.17, 15) is 4.79 Å². The summed E-state index contributed by atoms with van der Waals surface area (Å²) in [4.78, 5) is 10.8. The molecule has 5 heteroatoms. The Labute approximate surface area is 110 Å². The normalized spacial score (nSPS) is 18.0. The van der Waals surface area contributed by atoms with Gasteiger partial charge in [-0.1, -0.05) is 29.4 Å². The zero-order valence-corrected chi connectivity index (χ0v) is 10.3. The van der Waals surface area contributed by atoms with E-state index in [-0.39, 0.29) is 11.8 Å². The van der Waals surface area contributed by atoms with E-state index in [1.807, 2.05) is 12.1 Å². The molecule has 19 heavy (non-hydrogen) atoms. The van der Waals surface area contributed by atoms with E-state index >= 15 is 0 Å². The molecule has 2 N–H and O–H groups in total. The molecule has 0 aliphatic carbocycles. The van der Waals surface area contributed by atoms with Gasteiger partial charge >= 0.3 is 5.97 Å². The third-order valence-electron chi connectivity index (χ3n) is 3.40. The number of carboxylic acid groups (broad SMARTS) is 1. The third-order valence-corrected chi connectivity index (χ3v) is 3.40. The quantitative estimate of drug-likeness (QED) is 0.878. The molecule has 0 fully saturated rings. The predicted molar refractivity (Wildman–Crippen MR) is 68.1 cm³/mol. The third kappa shape index (κ3) is 2.37. The first-order valence-electron chi connectivity index (χ1n) is 6.24. The highest BCUT2D eigenvalue weighted by Gasteiger charge is 2.21. The lowest BCUT2D eigenvalue weighted by Gasteiger charge is -2.26. The zero-order chi connectivity index (χ0) is 13.2. The number of nitrogens with one attached hydrogen (secondary N) is 1. The smallest absolute Gasteiger partial charge is 0.374 e. The van der Waals surface area contributed by atoms with Gasteiger partial charge in [0.05, 0.1) is 5.69 Å². The molecule has 0 radical (unpaired) electrons. The van der Waals surface area contributed by atoms with E-state index in [0.717, 1.165) is 13.0 Å². The van der Waals surface area contributed by atoms with E-state index in [0.29, 0.717) is 12.1 Å². The van der Waals surface area contributed by atoms with E-state index < -0.39 is 5.97 Å². The van der Waals surface area contributed by atoms with Gasteiger partial charge < -0.3 is 14.9 Å². The first kappa shape index (κ1) is 11.9. The molecule has 3 rings (SSSR count). The number of nitrogens with zero attached hydrogens (tertiary/aromatic N) is 1. The second kappa shape index (κ2) is 4.85. The molecule has 1 atom stereocenters. The van der Waals surface area contributed by atoms with Crippen LogP contribution >= 0.6 is 0 Å². The van der Waals surface area contributed by atoms with Gasteiger partial charge in [-0.15, -0.1) is 0 Å². The van der Waals surface area contributed by atoms with Crippen LogP contribution in [0.5, 0.6) is 0 Å². The molecular formula is C14H14N2O3. The maximum absolute atomic E-state index is 10.8. The van der Waals surface area contributed by atoms with E-state index in [4.69, 9.17) is 9.63 Å². The summed E-state index contributed by atoms with van der Waals surface area (Å²) in [7, 11) is 0. The van der Waals surface area contributed by atoms with Gasteiger partial charge in [0.25, 0.3) is 0 Å². The number of fused-ring (bicyclic) bond motifs is 1. The summed E-state index contributed by atoms with van der Waals surface area (Å²) in [6, 6.07) is 9.95. The Morgan fingerprint density at radius 1 is 1.47 bits per heavy atom. The van der Waals surface area contributed by atoms with Crippen LogP contribution in [0.3, 0.4) is 0 Å². The molecule has 1 unspecified atom stereocenters. The van der Waals surface area contributed by atoms with Crippen molar-refractivity contribution in [2.75, 3.05) is 6.54 Å². The highest BCUT2D eigenvalue weighted by atomic mass is 16.5. The van der Waals surface area contributed by atoms with E-state index in [1.54, 1.807) is 0 Å². The molecule has 1 aromatic carbocycles. The molecule has 98 valence electrons. The molecule has 1 aromatic heterocycles. The van der Waals surface area contributed by atoms with Gasteiger partial charge in [-0.25, -0.2) is 4.79 Å². The molecule has 1 aliphatic rings. The summed E-state index contributed by atoms with van der Waals surface area (Å²) < 4.78 is 4.78. The molecule has 0 amide bonds. The maximum atomic E-state index is 10.8. The van der Waals surface area contributed by atoms with Gasteiger partial charge in [-0.05, 0) is 24.1 Å². The minimum absolute atomic E-state index is 0.112. The number of rotatable bonds is 3. The van der Waals surface area contributed by atoms with E-state index in [1.165, 1.54) is 17.2 Å². The molecule has 2 heterocycles. The van der Waals surface area contributed by atoms with Crippen LogP contribution in [0.4, 0.5) is 0 Å². The Kier molecular flexibility index (Phi) is 3.05. The van der Waals surface area contributed by atoms with Gasteiger partial charge in [-0.3, -0.25) is 0 Å². The number of hydrogen-bond acceptors (Lipinski definition) is 4. The summed E-state index contributed by atoms with van der Waals surface area (Å²) in [6.07, 6.45) is 1.65. The van der Waals surface area contributed by atoms with Crippen molar-refractivity contribution in [3.05, 3.63) is 52.9 Å². The first-order valence-corrected chi connectivity index (χ1v) is 6.24. The lowest BCUT2D eigenvalue weighted by molar-refractivity contribution is 0.0652. The average Bonchev–Trinajstić information content (AvgIpc) is 2.88. The predicted octanol–water partition coefficient (Wildman–Crippen LogP) is 1.80. The summed E-state index contributed by atoms with van der Waals surface area (Å²) in [5, 5.41) is 16.1. The maximum Gasteiger partial charge on any atom is 0.374 e. The molecule has 0 saturated carbocycles. The monoisotopic (exact) mass is 258 g/mol. The van der Waals surface area contributed by atoms with Crippen LogP contribution in [0.2, 0.25) is 0 Å². The van der Waals surface area contributed by atoms with Crippen molar-refractivity contribution in [1.82, 2.24) is 10.5 Å². The van der Waals surface area contributed by atoms with Crippen LogP contribution < -0.4 is 5.32 Å². The number of carboxylic acids is 1. The van der Waals surface area contributed by atoms with Crippen molar-refractivity contribution < 1.29 is 14.4 Å². The van der Waals surface area contributed by atoms with Crippen LogP contribution in [0.25, 0.3) is 0 Å². The second-order valence-electron chi connectivity index (χ2n) is 4.65. The number of hydrogen-bond donors (Lipinski definition) is 2. The average molecular weight is 258 g/mol. The van der Waals surface area contributed by atoms with Crippen LogP contribution in [-0.4, -0.2) is 22.8 Å². The highest BCUT2D eigenvalue weighted by molar-refractivity contribution is 5.84. The second-order valence-corrected chi connectivity index (χ2v) is 4.65. The number of aromatic carboxylic acids is 1. The fourth-order valence-electron chi connectivity index (χ4n) is 2.49. The summed E-state index contributed by atoms with van der Waals surface area (Å²) >= 11 is 0. The largest absolute Gasteiger partial charge is 0.475 e. The molecular weight excluding hydrogens is 244 g/mol. The van der Waals surface area contributed by atoms with Gasteiger partial charge in [0.1, 0.15) is 0 Å².